The average molecular weight is 276 g/mol. The van der Waals surface area contributed by atoms with E-state index in [9.17, 15) is 4.79 Å². The molecule has 0 saturated heterocycles. The maximum atomic E-state index is 11.0. The predicted octanol–water partition coefficient (Wildman–Crippen LogP) is 2.71. The molecule has 1 N–H and O–H groups in total. The van der Waals surface area contributed by atoms with Crippen LogP contribution in [0, 0.1) is 0 Å². The Morgan fingerprint density at radius 1 is 1.33 bits per heavy atom. The van der Waals surface area contributed by atoms with Crippen LogP contribution in [0.1, 0.15) is 40.5 Å². The highest BCUT2D eigenvalue weighted by Gasteiger charge is 2.37. The molecule has 0 rings (SSSR count). The Morgan fingerprint density at radius 2 is 1.89 bits per heavy atom. The lowest BCUT2D eigenvalue weighted by Gasteiger charge is -2.37. The molecule has 0 aromatic carbocycles. The minimum atomic E-state index is -1.81. The van der Waals surface area contributed by atoms with Crippen molar-refractivity contribution in [2.45, 2.75) is 64.8 Å². The molecule has 0 radical (unpaired) electrons. The van der Waals surface area contributed by atoms with Gasteiger partial charge in [0, 0.05) is 13.5 Å². The Balaban J connectivity index is 4.37. The van der Waals surface area contributed by atoms with E-state index in [4.69, 9.17) is 14.3 Å². The first kappa shape index (κ1) is 17.6. The van der Waals surface area contributed by atoms with Crippen molar-refractivity contribution in [1.82, 2.24) is 0 Å². The molecule has 1 atom stereocenters. The third kappa shape index (κ3) is 6.52. The molecule has 0 aromatic heterocycles. The molecule has 0 heterocycles. The number of carbonyl (C=O) groups excluding carboxylic acids is 1. The summed E-state index contributed by atoms with van der Waals surface area (Å²) in [5.41, 5.74) is 0. The summed E-state index contributed by atoms with van der Waals surface area (Å²) in [6.45, 7) is 12.8. The lowest BCUT2D eigenvalue weighted by atomic mass is 10.2. The van der Waals surface area contributed by atoms with Crippen molar-refractivity contribution in [1.29, 1.82) is 0 Å². The van der Waals surface area contributed by atoms with Crippen molar-refractivity contribution in [2.75, 3.05) is 13.2 Å². The van der Waals surface area contributed by atoms with Gasteiger partial charge in [-0.2, -0.15) is 0 Å². The molecule has 4 nitrogen and oxygen atoms in total. The van der Waals surface area contributed by atoms with E-state index in [-0.39, 0.29) is 23.7 Å². The zero-order valence-corrected chi connectivity index (χ0v) is 13.6. The van der Waals surface area contributed by atoms with Crippen LogP contribution >= 0.6 is 0 Å². The van der Waals surface area contributed by atoms with E-state index in [1.54, 1.807) is 0 Å². The summed E-state index contributed by atoms with van der Waals surface area (Å²) in [6.07, 6.45) is 1.02. The Bertz CT molecular complexity index is 258. The normalized spacial score (nSPS) is 14.4. The molecule has 0 saturated carbocycles. The molecule has 18 heavy (non-hydrogen) atoms. The van der Waals surface area contributed by atoms with E-state index >= 15 is 0 Å². The first-order valence-electron chi connectivity index (χ1n) is 6.52. The first-order chi connectivity index (χ1) is 8.10. The number of hydrogen-bond acceptors (Lipinski definition) is 4. The first-order valence-corrected chi connectivity index (χ1v) is 9.43. The summed E-state index contributed by atoms with van der Waals surface area (Å²) in [4.78, 5) is 11.0. The van der Waals surface area contributed by atoms with Crippen LogP contribution < -0.4 is 0 Å². The summed E-state index contributed by atoms with van der Waals surface area (Å²) < 4.78 is 11.2. The summed E-state index contributed by atoms with van der Waals surface area (Å²) in [5.74, 6) is -0.295. The fourth-order valence-electron chi connectivity index (χ4n) is 1.25. The van der Waals surface area contributed by atoms with E-state index in [0.717, 1.165) is 0 Å². The Hall–Kier alpha value is -0.393. The zero-order valence-electron chi connectivity index (χ0n) is 12.6. The van der Waals surface area contributed by atoms with Gasteiger partial charge < -0.3 is 14.3 Å². The van der Waals surface area contributed by atoms with Crippen molar-refractivity contribution in [2.24, 2.45) is 0 Å². The van der Waals surface area contributed by atoms with Gasteiger partial charge in [-0.05, 0) is 31.0 Å². The minimum Gasteiger partial charge on any atom is -0.460 e. The smallest absolute Gasteiger partial charge is 0.302 e. The molecule has 0 bridgehead atoms. The molecule has 108 valence electrons. The Labute approximate surface area is 112 Å². The standard InChI is InChI=1S/C13H28O4Si/c1-11(15)17-12(8-7-9-14)10-16-18(5,6)13(2,3)4/h12,14H,7-10H2,1-6H3/t12-/m1/s1. The molecule has 0 fully saturated rings. The van der Waals surface area contributed by atoms with Crippen LogP contribution in [0.5, 0.6) is 0 Å². The largest absolute Gasteiger partial charge is 0.460 e. The molecular formula is C13H28O4Si. The quantitative estimate of drug-likeness (QED) is 0.574. The third-order valence-electron chi connectivity index (χ3n) is 3.45. The van der Waals surface area contributed by atoms with Gasteiger partial charge in [-0.1, -0.05) is 20.8 Å². The lowest BCUT2D eigenvalue weighted by molar-refractivity contribution is -0.148. The summed E-state index contributed by atoms with van der Waals surface area (Å²) in [7, 11) is -1.81. The van der Waals surface area contributed by atoms with Crippen molar-refractivity contribution in [3.05, 3.63) is 0 Å². The summed E-state index contributed by atoms with van der Waals surface area (Å²) in [6, 6.07) is 0. The maximum absolute atomic E-state index is 11.0. The highest BCUT2D eigenvalue weighted by Crippen LogP contribution is 2.36. The van der Waals surface area contributed by atoms with E-state index < -0.39 is 8.32 Å². The van der Waals surface area contributed by atoms with E-state index in [0.29, 0.717) is 19.4 Å². The van der Waals surface area contributed by atoms with Crippen LogP contribution in [0.15, 0.2) is 0 Å². The van der Waals surface area contributed by atoms with Gasteiger partial charge in [0.1, 0.15) is 6.10 Å². The van der Waals surface area contributed by atoms with Gasteiger partial charge in [-0.15, -0.1) is 0 Å². The SMILES string of the molecule is CC(=O)O[C@H](CCCO)CO[Si](C)(C)C(C)(C)C. The highest BCUT2D eigenvalue weighted by molar-refractivity contribution is 6.74. The van der Waals surface area contributed by atoms with Gasteiger partial charge in [0.25, 0.3) is 0 Å². The molecule has 0 aliphatic rings. The Morgan fingerprint density at radius 3 is 2.28 bits per heavy atom. The van der Waals surface area contributed by atoms with Crippen molar-refractivity contribution >= 4 is 14.3 Å². The zero-order chi connectivity index (χ0) is 14.4. The molecule has 5 heteroatoms. The van der Waals surface area contributed by atoms with Gasteiger partial charge in [0.05, 0.1) is 6.61 Å². The molecule has 0 amide bonds. The highest BCUT2D eigenvalue weighted by atomic mass is 28.4. The second-order valence-electron chi connectivity index (χ2n) is 6.17. The predicted molar refractivity (Wildman–Crippen MR) is 75.0 cm³/mol. The Kier molecular flexibility index (Phi) is 7.10. The summed E-state index contributed by atoms with van der Waals surface area (Å²) in [5, 5.41) is 8.98. The summed E-state index contributed by atoms with van der Waals surface area (Å²) >= 11 is 0. The number of aliphatic hydroxyl groups is 1. The lowest BCUT2D eigenvalue weighted by Crippen LogP contribution is -2.43. The molecule has 0 aliphatic heterocycles. The fraction of sp³-hybridized carbons (Fsp3) is 0.923. The molecular weight excluding hydrogens is 248 g/mol. The van der Waals surface area contributed by atoms with E-state index in [1.807, 2.05) is 0 Å². The number of rotatable bonds is 7. The van der Waals surface area contributed by atoms with Crippen molar-refractivity contribution < 1.29 is 19.1 Å². The van der Waals surface area contributed by atoms with Crippen LogP contribution in [-0.4, -0.2) is 38.7 Å². The van der Waals surface area contributed by atoms with Gasteiger partial charge >= 0.3 is 5.97 Å². The topological polar surface area (TPSA) is 55.8 Å². The number of aliphatic hydroxyl groups excluding tert-OH is 1. The number of esters is 1. The van der Waals surface area contributed by atoms with Gasteiger partial charge in [0.15, 0.2) is 8.32 Å². The fourth-order valence-corrected chi connectivity index (χ4v) is 2.28. The van der Waals surface area contributed by atoms with Crippen LogP contribution in [0.3, 0.4) is 0 Å². The van der Waals surface area contributed by atoms with Gasteiger partial charge in [0.2, 0.25) is 0 Å². The molecule has 0 aliphatic carbocycles. The van der Waals surface area contributed by atoms with Crippen molar-refractivity contribution in [3.63, 3.8) is 0 Å². The van der Waals surface area contributed by atoms with Gasteiger partial charge in [-0.3, -0.25) is 4.79 Å². The molecule has 0 spiro atoms. The minimum absolute atomic E-state index is 0.109. The van der Waals surface area contributed by atoms with E-state index in [1.165, 1.54) is 6.92 Å². The van der Waals surface area contributed by atoms with E-state index in [2.05, 4.69) is 33.9 Å². The molecule has 0 unspecified atom stereocenters. The van der Waals surface area contributed by atoms with Crippen LogP contribution in [0.2, 0.25) is 18.1 Å². The second kappa shape index (κ2) is 7.26. The van der Waals surface area contributed by atoms with Crippen LogP contribution in [0.4, 0.5) is 0 Å². The van der Waals surface area contributed by atoms with Crippen molar-refractivity contribution in [3.8, 4) is 0 Å². The monoisotopic (exact) mass is 276 g/mol. The number of carbonyl (C=O) groups is 1. The van der Waals surface area contributed by atoms with Crippen LogP contribution in [0.25, 0.3) is 0 Å². The van der Waals surface area contributed by atoms with Crippen LogP contribution in [-0.2, 0) is 14.0 Å². The number of hydrogen-bond donors (Lipinski definition) is 1. The van der Waals surface area contributed by atoms with Gasteiger partial charge in [-0.25, -0.2) is 0 Å². The third-order valence-corrected chi connectivity index (χ3v) is 7.95. The molecule has 0 aromatic rings. The number of ether oxygens (including phenoxy) is 1. The maximum Gasteiger partial charge on any atom is 0.302 e. The average Bonchev–Trinajstić information content (AvgIpc) is 2.20. The second-order valence-corrected chi connectivity index (χ2v) is 11.0.